The van der Waals surface area contributed by atoms with E-state index in [9.17, 15) is 4.39 Å². The summed E-state index contributed by atoms with van der Waals surface area (Å²) in [7, 11) is 0. The van der Waals surface area contributed by atoms with Gasteiger partial charge in [-0.15, -0.1) is 0 Å². The Morgan fingerprint density at radius 3 is 2.48 bits per heavy atom. The molecule has 2 heterocycles. The summed E-state index contributed by atoms with van der Waals surface area (Å²) in [5.41, 5.74) is 8.64. The number of halogens is 1. The zero-order valence-electron chi connectivity index (χ0n) is 19.3. The van der Waals surface area contributed by atoms with Crippen molar-refractivity contribution < 1.29 is 4.39 Å². The van der Waals surface area contributed by atoms with Crippen molar-refractivity contribution in [1.82, 2.24) is 4.98 Å². The standard InChI is InChI=1S/C30H33FN2/c31-15-4-5-22-8-10-23(11-9-22)17-24-14-16-32-28(18-24)21-29-20-27-19-26(12-13-30(27)33-29)25-6-2-1-3-7-25/h1-3,6-7,12-14,16,18-19,22-23H,4-5,8-11,15,17,20-21H2. The number of benzene rings is 2. The van der Waals surface area contributed by atoms with Gasteiger partial charge in [0.25, 0.3) is 0 Å². The molecule has 1 aliphatic carbocycles. The topological polar surface area (TPSA) is 25.2 Å². The van der Waals surface area contributed by atoms with E-state index in [1.165, 1.54) is 53.6 Å². The van der Waals surface area contributed by atoms with E-state index in [1.54, 1.807) is 0 Å². The van der Waals surface area contributed by atoms with Gasteiger partial charge in [0.05, 0.1) is 12.4 Å². The molecule has 0 atom stereocenters. The minimum Gasteiger partial charge on any atom is -0.261 e. The van der Waals surface area contributed by atoms with Gasteiger partial charge < -0.3 is 0 Å². The van der Waals surface area contributed by atoms with E-state index in [0.29, 0.717) is 0 Å². The lowest BCUT2D eigenvalue weighted by Crippen LogP contribution is -2.16. The molecule has 0 unspecified atom stereocenters. The molecule has 1 aromatic heterocycles. The Balaban J connectivity index is 1.18. The predicted octanol–water partition coefficient (Wildman–Crippen LogP) is 7.72. The van der Waals surface area contributed by atoms with Gasteiger partial charge in [-0.05, 0) is 90.5 Å². The highest BCUT2D eigenvalue weighted by molar-refractivity contribution is 5.95. The molecule has 2 aliphatic rings. The summed E-state index contributed by atoms with van der Waals surface area (Å²) in [6.07, 6.45) is 11.7. The number of alkyl halides is 1. The summed E-state index contributed by atoms with van der Waals surface area (Å²) in [6.45, 7) is -0.162. The normalized spacial score (nSPS) is 19.8. The van der Waals surface area contributed by atoms with E-state index in [-0.39, 0.29) is 6.67 Å². The number of hydrogen-bond donors (Lipinski definition) is 0. The molecule has 1 fully saturated rings. The third-order valence-corrected chi connectivity index (χ3v) is 7.36. The molecule has 1 saturated carbocycles. The average molecular weight is 441 g/mol. The van der Waals surface area contributed by atoms with Gasteiger partial charge >= 0.3 is 0 Å². The lowest BCUT2D eigenvalue weighted by Gasteiger charge is -2.28. The highest BCUT2D eigenvalue weighted by Crippen LogP contribution is 2.34. The van der Waals surface area contributed by atoms with Crippen LogP contribution in [0.4, 0.5) is 10.1 Å². The van der Waals surface area contributed by atoms with E-state index in [1.807, 2.05) is 6.20 Å². The van der Waals surface area contributed by atoms with Gasteiger partial charge in [-0.2, -0.15) is 0 Å². The first-order valence-electron chi connectivity index (χ1n) is 12.5. The Hall–Kier alpha value is -2.81. The first kappa shape index (κ1) is 22.0. The van der Waals surface area contributed by atoms with Crippen LogP contribution in [-0.2, 0) is 19.3 Å². The fraction of sp³-hybridized carbons (Fsp3) is 0.400. The number of fused-ring (bicyclic) bond motifs is 1. The van der Waals surface area contributed by atoms with Crippen molar-refractivity contribution in [2.24, 2.45) is 16.8 Å². The highest BCUT2D eigenvalue weighted by atomic mass is 19.1. The van der Waals surface area contributed by atoms with Crippen LogP contribution in [0.3, 0.4) is 0 Å². The number of aliphatic imine (C=N–C) groups is 1. The lowest BCUT2D eigenvalue weighted by molar-refractivity contribution is 0.252. The smallest absolute Gasteiger partial charge is 0.0894 e. The number of pyridine rings is 1. The Morgan fingerprint density at radius 2 is 1.67 bits per heavy atom. The summed E-state index contributed by atoms with van der Waals surface area (Å²) < 4.78 is 12.4. The minimum atomic E-state index is -0.162. The fourth-order valence-corrected chi connectivity index (χ4v) is 5.56. The van der Waals surface area contributed by atoms with Crippen LogP contribution in [0.2, 0.25) is 0 Å². The van der Waals surface area contributed by atoms with Crippen LogP contribution in [0.5, 0.6) is 0 Å². The van der Waals surface area contributed by atoms with Gasteiger partial charge in [-0.1, -0.05) is 49.2 Å². The van der Waals surface area contributed by atoms with Crippen LogP contribution < -0.4 is 0 Å². The molecule has 0 saturated heterocycles. The molecule has 0 N–H and O–H groups in total. The van der Waals surface area contributed by atoms with Crippen LogP contribution in [0, 0.1) is 11.8 Å². The molecule has 0 radical (unpaired) electrons. The zero-order valence-corrected chi connectivity index (χ0v) is 19.3. The maximum absolute atomic E-state index is 12.4. The SMILES string of the molecule is FCCCC1CCC(Cc2ccnc(CC3=Nc4ccc(-c5ccccc5)cc4C3)c2)CC1. The third kappa shape index (κ3) is 5.58. The molecule has 0 spiro atoms. The second kappa shape index (κ2) is 10.4. The van der Waals surface area contributed by atoms with Crippen LogP contribution in [0.1, 0.15) is 55.3 Å². The molecule has 2 nitrogen and oxygen atoms in total. The van der Waals surface area contributed by atoms with Gasteiger partial charge in [-0.25, -0.2) is 0 Å². The largest absolute Gasteiger partial charge is 0.261 e. The summed E-state index contributed by atoms with van der Waals surface area (Å²) in [6, 6.07) is 21.6. The lowest BCUT2D eigenvalue weighted by atomic mass is 9.78. The molecule has 3 heteroatoms. The first-order valence-corrected chi connectivity index (χ1v) is 12.5. The molecule has 0 amide bonds. The summed E-state index contributed by atoms with van der Waals surface area (Å²) in [5, 5.41) is 0. The first-order chi connectivity index (χ1) is 16.3. The molecule has 2 aromatic carbocycles. The van der Waals surface area contributed by atoms with Crippen LogP contribution >= 0.6 is 0 Å². The molecule has 1 aliphatic heterocycles. The monoisotopic (exact) mass is 440 g/mol. The van der Waals surface area contributed by atoms with E-state index in [2.05, 4.69) is 65.6 Å². The van der Waals surface area contributed by atoms with E-state index < -0.39 is 0 Å². The number of aromatic nitrogens is 1. The van der Waals surface area contributed by atoms with Crippen molar-refractivity contribution in [2.45, 2.75) is 57.8 Å². The van der Waals surface area contributed by atoms with Gasteiger partial charge in [0.15, 0.2) is 0 Å². The van der Waals surface area contributed by atoms with Crippen molar-refractivity contribution in [3.05, 3.63) is 83.7 Å². The molecular formula is C30H33FN2. The van der Waals surface area contributed by atoms with Crippen molar-refractivity contribution >= 4 is 11.4 Å². The Labute approximate surface area is 197 Å². The molecule has 3 aromatic rings. The Kier molecular flexibility index (Phi) is 6.95. The number of rotatable bonds is 8. The summed E-state index contributed by atoms with van der Waals surface area (Å²) in [4.78, 5) is 9.56. The maximum Gasteiger partial charge on any atom is 0.0894 e. The molecule has 5 rings (SSSR count). The zero-order chi connectivity index (χ0) is 22.5. The van der Waals surface area contributed by atoms with Gasteiger partial charge in [0.2, 0.25) is 0 Å². The second-order valence-electron chi connectivity index (χ2n) is 9.82. The van der Waals surface area contributed by atoms with Crippen molar-refractivity contribution in [1.29, 1.82) is 0 Å². The number of nitrogens with zero attached hydrogens (tertiary/aromatic N) is 2. The predicted molar refractivity (Wildman–Crippen MR) is 135 cm³/mol. The molecule has 33 heavy (non-hydrogen) atoms. The Morgan fingerprint density at radius 1 is 0.848 bits per heavy atom. The quantitative estimate of drug-likeness (QED) is 0.352. The van der Waals surface area contributed by atoms with Gasteiger partial charge in [0, 0.05) is 30.4 Å². The van der Waals surface area contributed by atoms with Gasteiger partial charge in [0.1, 0.15) is 0 Å². The fourth-order valence-electron chi connectivity index (χ4n) is 5.56. The second-order valence-corrected chi connectivity index (χ2v) is 9.82. The van der Waals surface area contributed by atoms with Crippen molar-refractivity contribution in [3.8, 4) is 11.1 Å². The van der Waals surface area contributed by atoms with E-state index in [4.69, 9.17) is 4.99 Å². The third-order valence-electron chi connectivity index (χ3n) is 7.36. The highest BCUT2D eigenvalue weighted by Gasteiger charge is 2.21. The molecule has 170 valence electrons. The average Bonchev–Trinajstić information content (AvgIpc) is 3.26. The van der Waals surface area contributed by atoms with Crippen LogP contribution in [-0.4, -0.2) is 17.4 Å². The van der Waals surface area contributed by atoms with Crippen molar-refractivity contribution in [3.63, 3.8) is 0 Å². The maximum atomic E-state index is 12.4. The van der Waals surface area contributed by atoms with E-state index in [0.717, 1.165) is 55.3 Å². The van der Waals surface area contributed by atoms with E-state index >= 15 is 0 Å². The Bertz CT molecular complexity index is 1100. The van der Waals surface area contributed by atoms with Gasteiger partial charge in [-0.3, -0.25) is 14.4 Å². The minimum absolute atomic E-state index is 0.162. The van der Waals surface area contributed by atoms with Crippen LogP contribution in [0.25, 0.3) is 11.1 Å². The molecular weight excluding hydrogens is 407 g/mol. The summed E-state index contributed by atoms with van der Waals surface area (Å²) in [5.74, 6) is 1.50. The van der Waals surface area contributed by atoms with Crippen molar-refractivity contribution in [2.75, 3.05) is 6.67 Å². The number of hydrogen-bond acceptors (Lipinski definition) is 2. The van der Waals surface area contributed by atoms with Crippen LogP contribution in [0.15, 0.2) is 71.9 Å². The molecule has 0 bridgehead atoms. The summed E-state index contributed by atoms with van der Waals surface area (Å²) >= 11 is 0.